The van der Waals surface area contributed by atoms with E-state index in [0.717, 1.165) is 5.56 Å². The molecule has 0 bridgehead atoms. The number of nitrogens with one attached hydrogen (secondary N) is 1. The Hall–Kier alpha value is -3.93. The molecule has 1 N–H and O–H groups in total. The highest BCUT2D eigenvalue weighted by Crippen LogP contribution is 2.40. The molecule has 1 aliphatic rings. The summed E-state index contributed by atoms with van der Waals surface area (Å²) in [6, 6.07) is 23.3. The molecule has 1 aliphatic heterocycles. The fourth-order valence-electron chi connectivity index (χ4n) is 4.30. The first kappa shape index (κ1) is 22.3. The molecule has 0 spiro atoms. The zero-order chi connectivity index (χ0) is 23.4. The van der Waals surface area contributed by atoms with Crippen molar-refractivity contribution in [1.29, 1.82) is 0 Å². The quantitative estimate of drug-likeness (QED) is 0.544. The number of rotatable bonds is 6. The number of carbonyl (C=O) groups excluding carboxylic acids is 3. The average molecular weight is 443 g/mol. The molecule has 0 aromatic heterocycles. The van der Waals surface area contributed by atoms with Crippen molar-refractivity contribution in [2.45, 2.75) is 25.8 Å². The molecule has 0 aliphatic carbocycles. The van der Waals surface area contributed by atoms with Gasteiger partial charge in [0.15, 0.2) is 5.78 Å². The van der Waals surface area contributed by atoms with Gasteiger partial charge in [-0.05, 0) is 55.3 Å². The van der Waals surface area contributed by atoms with E-state index >= 15 is 0 Å². The predicted molar refractivity (Wildman–Crippen MR) is 127 cm³/mol. The first-order valence-electron chi connectivity index (χ1n) is 10.9. The third kappa shape index (κ3) is 4.80. The molecule has 0 unspecified atom stereocenters. The summed E-state index contributed by atoms with van der Waals surface area (Å²) in [6.45, 7) is 1.49. The second-order valence-electron chi connectivity index (χ2n) is 8.09. The third-order valence-corrected chi connectivity index (χ3v) is 5.96. The Morgan fingerprint density at radius 1 is 0.970 bits per heavy atom. The Kier molecular flexibility index (Phi) is 6.54. The highest BCUT2D eigenvalue weighted by molar-refractivity contribution is 6.01. The van der Waals surface area contributed by atoms with Crippen LogP contribution < -0.4 is 15.0 Å². The predicted octanol–water partition coefficient (Wildman–Crippen LogP) is 5.02. The van der Waals surface area contributed by atoms with Crippen molar-refractivity contribution < 1.29 is 19.1 Å². The first-order valence-corrected chi connectivity index (χ1v) is 10.9. The number of Topliss-reactive ketones (excluding diaryl/α,β-unsaturated/α-hetero) is 1. The van der Waals surface area contributed by atoms with Crippen LogP contribution in [0.15, 0.2) is 78.9 Å². The standard InChI is InChI=1S/C27H26N2O4/c1-18(30)20-9-6-10-21(17-20)28-27(32)24-15-16-25(31)29(22-11-13-23(33-2)14-12-22)26(24)19-7-4-3-5-8-19/h3-14,17,24,26H,15-16H2,1-2H3,(H,28,32)/t24-,26+/m1/s1. The van der Waals surface area contributed by atoms with E-state index < -0.39 is 12.0 Å². The summed E-state index contributed by atoms with van der Waals surface area (Å²) in [4.78, 5) is 40.0. The molecule has 33 heavy (non-hydrogen) atoms. The van der Waals surface area contributed by atoms with Gasteiger partial charge in [0.05, 0.1) is 19.1 Å². The summed E-state index contributed by atoms with van der Waals surface area (Å²) in [5.74, 6) is -0.0540. The van der Waals surface area contributed by atoms with Crippen LogP contribution in [-0.4, -0.2) is 24.7 Å². The molecule has 3 aromatic carbocycles. The fraction of sp³-hybridized carbons (Fsp3) is 0.222. The molecule has 4 rings (SSSR count). The van der Waals surface area contributed by atoms with Crippen molar-refractivity contribution in [3.05, 3.63) is 90.0 Å². The molecule has 2 atom stereocenters. The topological polar surface area (TPSA) is 75.7 Å². The summed E-state index contributed by atoms with van der Waals surface area (Å²) in [6.07, 6.45) is 0.699. The normalized spacial score (nSPS) is 18.0. The minimum atomic E-state index is -0.465. The first-order chi connectivity index (χ1) is 16.0. The van der Waals surface area contributed by atoms with E-state index in [-0.39, 0.29) is 24.0 Å². The molecule has 168 valence electrons. The van der Waals surface area contributed by atoms with Crippen molar-refractivity contribution in [2.24, 2.45) is 5.92 Å². The molecular weight excluding hydrogens is 416 g/mol. The second-order valence-corrected chi connectivity index (χ2v) is 8.09. The van der Waals surface area contributed by atoms with Crippen LogP contribution in [0.4, 0.5) is 11.4 Å². The van der Waals surface area contributed by atoms with Crippen LogP contribution in [0.3, 0.4) is 0 Å². The van der Waals surface area contributed by atoms with Gasteiger partial charge in [-0.25, -0.2) is 0 Å². The van der Waals surface area contributed by atoms with Crippen LogP contribution in [0.1, 0.15) is 41.7 Å². The Bertz CT molecular complexity index is 1160. The van der Waals surface area contributed by atoms with E-state index in [1.165, 1.54) is 6.92 Å². The van der Waals surface area contributed by atoms with Gasteiger partial charge in [0.2, 0.25) is 11.8 Å². The number of nitrogens with zero attached hydrogens (tertiary/aromatic N) is 1. The van der Waals surface area contributed by atoms with E-state index in [0.29, 0.717) is 29.1 Å². The molecule has 6 nitrogen and oxygen atoms in total. The second kappa shape index (κ2) is 9.69. The van der Waals surface area contributed by atoms with Crippen LogP contribution >= 0.6 is 0 Å². The zero-order valence-corrected chi connectivity index (χ0v) is 18.7. The summed E-state index contributed by atoms with van der Waals surface area (Å²) in [5.41, 5.74) is 2.70. The van der Waals surface area contributed by atoms with Gasteiger partial charge in [0.1, 0.15) is 5.75 Å². The fourth-order valence-corrected chi connectivity index (χ4v) is 4.30. The number of ketones is 1. The number of hydrogen-bond donors (Lipinski definition) is 1. The highest BCUT2D eigenvalue weighted by atomic mass is 16.5. The van der Waals surface area contributed by atoms with Crippen molar-refractivity contribution >= 4 is 29.0 Å². The molecule has 1 fully saturated rings. The smallest absolute Gasteiger partial charge is 0.229 e. The Labute approximate surface area is 193 Å². The van der Waals surface area contributed by atoms with Crippen molar-refractivity contribution in [1.82, 2.24) is 0 Å². The molecule has 0 saturated carbocycles. The monoisotopic (exact) mass is 442 g/mol. The number of carbonyl (C=O) groups is 3. The Morgan fingerprint density at radius 2 is 1.70 bits per heavy atom. The number of anilines is 2. The molecule has 3 aromatic rings. The largest absolute Gasteiger partial charge is 0.497 e. The number of amides is 2. The maximum Gasteiger partial charge on any atom is 0.229 e. The van der Waals surface area contributed by atoms with Crippen LogP contribution in [0, 0.1) is 5.92 Å². The van der Waals surface area contributed by atoms with Gasteiger partial charge in [-0.2, -0.15) is 0 Å². The number of ether oxygens (including phenoxy) is 1. The lowest BCUT2D eigenvalue weighted by Crippen LogP contribution is -2.46. The van der Waals surface area contributed by atoms with E-state index in [1.54, 1.807) is 36.3 Å². The zero-order valence-electron chi connectivity index (χ0n) is 18.7. The molecular formula is C27H26N2O4. The van der Waals surface area contributed by atoms with Gasteiger partial charge in [-0.15, -0.1) is 0 Å². The third-order valence-electron chi connectivity index (χ3n) is 5.96. The van der Waals surface area contributed by atoms with Crippen molar-refractivity contribution in [2.75, 3.05) is 17.3 Å². The van der Waals surface area contributed by atoms with Crippen molar-refractivity contribution in [3.63, 3.8) is 0 Å². The summed E-state index contributed by atoms with van der Waals surface area (Å²) >= 11 is 0. The lowest BCUT2D eigenvalue weighted by Gasteiger charge is -2.41. The van der Waals surface area contributed by atoms with Crippen LogP contribution in [0.25, 0.3) is 0 Å². The molecule has 6 heteroatoms. The number of hydrogen-bond acceptors (Lipinski definition) is 4. The highest BCUT2D eigenvalue weighted by Gasteiger charge is 2.41. The van der Waals surface area contributed by atoms with E-state index in [1.807, 2.05) is 54.6 Å². The van der Waals surface area contributed by atoms with Gasteiger partial charge >= 0.3 is 0 Å². The van der Waals surface area contributed by atoms with Gasteiger partial charge in [0.25, 0.3) is 0 Å². The number of piperidine rings is 1. The van der Waals surface area contributed by atoms with Gasteiger partial charge in [0, 0.05) is 23.4 Å². The van der Waals surface area contributed by atoms with Crippen LogP contribution in [0.2, 0.25) is 0 Å². The molecule has 1 heterocycles. The van der Waals surface area contributed by atoms with Gasteiger partial charge < -0.3 is 15.0 Å². The number of methoxy groups -OCH3 is 1. The minimum absolute atomic E-state index is 0.0309. The maximum atomic E-state index is 13.5. The Morgan fingerprint density at radius 3 is 2.36 bits per heavy atom. The summed E-state index contributed by atoms with van der Waals surface area (Å²) in [5, 5.41) is 2.96. The minimum Gasteiger partial charge on any atom is -0.497 e. The van der Waals surface area contributed by atoms with Crippen molar-refractivity contribution in [3.8, 4) is 5.75 Å². The molecule has 1 saturated heterocycles. The number of benzene rings is 3. The maximum absolute atomic E-state index is 13.5. The molecule has 2 amide bonds. The summed E-state index contributed by atoms with van der Waals surface area (Å²) < 4.78 is 5.26. The lowest BCUT2D eigenvalue weighted by atomic mass is 9.83. The summed E-state index contributed by atoms with van der Waals surface area (Å²) in [7, 11) is 1.59. The molecule has 0 radical (unpaired) electrons. The van der Waals surface area contributed by atoms with Crippen LogP contribution in [0.5, 0.6) is 5.75 Å². The van der Waals surface area contributed by atoms with E-state index in [9.17, 15) is 14.4 Å². The SMILES string of the molecule is COc1ccc(N2C(=O)CC[C@@H](C(=O)Nc3cccc(C(C)=O)c3)[C@@H]2c2ccccc2)cc1. The Balaban J connectivity index is 1.70. The van der Waals surface area contributed by atoms with E-state index in [2.05, 4.69) is 5.32 Å². The van der Waals surface area contributed by atoms with Gasteiger partial charge in [-0.3, -0.25) is 14.4 Å². The average Bonchev–Trinajstić information content (AvgIpc) is 2.84. The van der Waals surface area contributed by atoms with Crippen LogP contribution in [-0.2, 0) is 9.59 Å². The van der Waals surface area contributed by atoms with E-state index in [4.69, 9.17) is 4.74 Å². The lowest BCUT2D eigenvalue weighted by molar-refractivity contribution is -0.125. The van der Waals surface area contributed by atoms with Gasteiger partial charge in [-0.1, -0.05) is 42.5 Å².